The Labute approximate surface area is 150 Å². The molecule has 0 spiro atoms. The van der Waals surface area contributed by atoms with E-state index in [0.717, 1.165) is 43.7 Å². The van der Waals surface area contributed by atoms with Gasteiger partial charge in [-0.1, -0.05) is 6.42 Å². The summed E-state index contributed by atoms with van der Waals surface area (Å²) in [6.07, 6.45) is 8.22. The number of piperidine rings is 1. The SMILES string of the molecule is CN(CC1CCCC1O)C(=O)NCc1ccnc(N2CCCCC2)c1. The zero-order chi connectivity index (χ0) is 17.6. The first-order valence-electron chi connectivity index (χ1n) is 9.50. The van der Waals surface area contributed by atoms with Crippen LogP contribution in [0.2, 0.25) is 0 Å². The highest BCUT2D eigenvalue weighted by molar-refractivity contribution is 5.73. The van der Waals surface area contributed by atoms with Crippen molar-refractivity contribution in [1.29, 1.82) is 0 Å². The number of rotatable bonds is 5. The summed E-state index contributed by atoms with van der Waals surface area (Å²) in [4.78, 5) is 20.8. The van der Waals surface area contributed by atoms with Gasteiger partial charge in [-0.3, -0.25) is 0 Å². The lowest BCUT2D eigenvalue weighted by Crippen LogP contribution is -2.40. The number of amides is 2. The summed E-state index contributed by atoms with van der Waals surface area (Å²) < 4.78 is 0. The van der Waals surface area contributed by atoms with Gasteiger partial charge in [-0.2, -0.15) is 0 Å². The summed E-state index contributed by atoms with van der Waals surface area (Å²) in [7, 11) is 1.80. The number of hydrogen-bond acceptors (Lipinski definition) is 4. The van der Waals surface area contributed by atoms with Crippen LogP contribution in [0.1, 0.15) is 44.1 Å². The molecule has 1 aliphatic carbocycles. The van der Waals surface area contributed by atoms with Crippen molar-refractivity contribution in [3.63, 3.8) is 0 Å². The van der Waals surface area contributed by atoms with Gasteiger partial charge in [0.25, 0.3) is 0 Å². The van der Waals surface area contributed by atoms with E-state index in [0.29, 0.717) is 13.1 Å². The highest BCUT2D eigenvalue weighted by atomic mass is 16.3. The number of pyridine rings is 1. The number of carbonyl (C=O) groups excluding carboxylic acids is 1. The molecule has 1 saturated heterocycles. The first-order valence-corrected chi connectivity index (χ1v) is 9.50. The van der Waals surface area contributed by atoms with E-state index >= 15 is 0 Å². The highest BCUT2D eigenvalue weighted by Gasteiger charge is 2.27. The average Bonchev–Trinajstić information content (AvgIpc) is 3.05. The van der Waals surface area contributed by atoms with Crippen LogP contribution in [-0.2, 0) is 6.54 Å². The molecule has 0 radical (unpaired) electrons. The summed E-state index contributed by atoms with van der Waals surface area (Å²) in [5.74, 6) is 1.22. The third kappa shape index (κ3) is 4.84. The number of anilines is 1. The van der Waals surface area contributed by atoms with Gasteiger partial charge in [0.1, 0.15) is 5.82 Å². The molecule has 2 N–H and O–H groups in total. The molecule has 2 unspecified atom stereocenters. The van der Waals surface area contributed by atoms with E-state index in [9.17, 15) is 9.90 Å². The summed E-state index contributed by atoms with van der Waals surface area (Å²) in [6, 6.07) is 3.94. The lowest BCUT2D eigenvalue weighted by Gasteiger charge is -2.28. The molecule has 2 atom stereocenters. The molecule has 0 aromatic carbocycles. The second kappa shape index (κ2) is 8.52. The highest BCUT2D eigenvalue weighted by Crippen LogP contribution is 2.26. The zero-order valence-electron chi connectivity index (χ0n) is 15.2. The van der Waals surface area contributed by atoms with Gasteiger partial charge in [0.15, 0.2) is 0 Å². The molecule has 2 fully saturated rings. The molecule has 2 heterocycles. The normalized spacial score (nSPS) is 23.5. The second-order valence-corrected chi connectivity index (χ2v) is 7.37. The number of aliphatic hydroxyl groups is 1. The van der Waals surface area contributed by atoms with E-state index in [4.69, 9.17) is 0 Å². The fraction of sp³-hybridized carbons (Fsp3) is 0.684. The molecule has 2 amide bonds. The summed E-state index contributed by atoms with van der Waals surface area (Å²) >= 11 is 0. The van der Waals surface area contributed by atoms with Crippen molar-refractivity contribution in [3.8, 4) is 0 Å². The number of aromatic nitrogens is 1. The molecular formula is C19H30N4O2. The maximum atomic E-state index is 12.3. The van der Waals surface area contributed by atoms with Crippen molar-refractivity contribution < 1.29 is 9.90 Å². The monoisotopic (exact) mass is 346 g/mol. The number of aliphatic hydroxyl groups excluding tert-OH is 1. The molecule has 2 aliphatic rings. The maximum Gasteiger partial charge on any atom is 0.317 e. The van der Waals surface area contributed by atoms with E-state index in [1.165, 1.54) is 19.3 Å². The van der Waals surface area contributed by atoms with Gasteiger partial charge in [0, 0.05) is 45.3 Å². The fourth-order valence-electron chi connectivity index (χ4n) is 3.84. The van der Waals surface area contributed by atoms with Crippen LogP contribution >= 0.6 is 0 Å². The van der Waals surface area contributed by atoms with Crippen LogP contribution in [0.15, 0.2) is 18.3 Å². The van der Waals surface area contributed by atoms with Crippen molar-refractivity contribution in [3.05, 3.63) is 23.9 Å². The van der Waals surface area contributed by atoms with Crippen molar-refractivity contribution in [1.82, 2.24) is 15.2 Å². The number of nitrogens with one attached hydrogen (secondary N) is 1. The van der Waals surface area contributed by atoms with Crippen LogP contribution in [0.4, 0.5) is 10.6 Å². The fourth-order valence-corrected chi connectivity index (χ4v) is 3.84. The van der Waals surface area contributed by atoms with E-state index in [1.807, 2.05) is 12.3 Å². The van der Waals surface area contributed by atoms with Gasteiger partial charge in [-0.15, -0.1) is 0 Å². The van der Waals surface area contributed by atoms with Crippen LogP contribution in [0.3, 0.4) is 0 Å². The number of nitrogens with zero attached hydrogens (tertiary/aromatic N) is 3. The van der Waals surface area contributed by atoms with Gasteiger partial charge >= 0.3 is 6.03 Å². The Bertz CT molecular complexity index is 574. The van der Waals surface area contributed by atoms with Crippen molar-refractivity contribution >= 4 is 11.8 Å². The van der Waals surface area contributed by atoms with Gasteiger partial charge in [0.2, 0.25) is 0 Å². The van der Waals surface area contributed by atoms with E-state index in [-0.39, 0.29) is 18.1 Å². The van der Waals surface area contributed by atoms with Crippen LogP contribution in [-0.4, -0.2) is 53.8 Å². The predicted octanol–water partition coefficient (Wildman–Crippen LogP) is 2.37. The summed E-state index contributed by atoms with van der Waals surface area (Å²) in [5.41, 5.74) is 1.07. The third-order valence-corrected chi connectivity index (χ3v) is 5.41. The number of urea groups is 1. The molecule has 1 aliphatic heterocycles. The van der Waals surface area contributed by atoms with Gasteiger partial charge in [0.05, 0.1) is 6.10 Å². The molecule has 6 heteroatoms. The Balaban J connectivity index is 1.49. The Hall–Kier alpha value is -1.82. The minimum atomic E-state index is -0.262. The van der Waals surface area contributed by atoms with Crippen molar-refractivity contribution in [2.75, 3.05) is 31.6 Å². The quantitative estimate of drug-likeness (QED) is 0.859. The largest absolute Gasteiger partial charge is 0.393 e. The lowest BCUT2D eigenvalue weighted by molar-refractivity contribution is 0.114. The third-order valence-electron chi connectivity index (χ3n) is 5.41. The van der Waals surface area contributed by atoms with Gasteiger partial charge < -0.3 is 20.2 Å². The molecule has 138 valence electrons. The molecule has 6 nitrogen and oxygen atoms in total. The van der Waals surface area contributed by atoms with E-state index in [2.05, 4.69) is 21.3 Å². The Morgan fingerprint density at radius 2 is 2.12 bits per heavy atom. The summed E-state index contributed by atoms with van der Waals surface area (Å²) in [6.45, 7) is 3.24. The standard InChI is InChI=1S/C19H30N4O2/c1-22(14-16-6-5-7-17(16)24)19(25)21-13-15-8-9-20-18(12-15)23-10-3-2-4-11-23/h8-9,12,16-17,24H,2-7,10-11,13-14H2,1H3,(H,21,25). The van der Waals surface area contributed by atoms with Crippen LogP contribution in [0, 0.1) is 5.92 Å². The molecule has 1 aromatic rings. The molecule has 1 saturated carbocycles. The summed E-state index contributed by atoms with van der Waals surface area (Å²) in [5, 5.41) is 12.9. The molecular weight excluding hydrogens is 316 g/mol. The van der Waals surface area contributed by atoms with E-state index in [1.54, 1.807) is 11.9 Å². The van der Waals surface area contributed by atoms with Crippen molar-refractivity contribution in [2.45, 2.75) is 51.2 Å². The smallest absolute Gasteiger partial charge is 0.317 e. The Morgan fingerprint density at radius 1 is 1.32 bits per heavy atom. The van der Waals surface area contributed by atoms with E-state index < -0.39 is 0 Å². The number of carbonyl (C=O) groups is 1. The minimum absolute atomic E-state index is 0.0876. The molecule has 25 heavy (non-hydrogen) atoms. The first kappa shape index (κ1) is 18.0. The maximum absolute atomic E-state index is 12.3. The van der Waals surface area contributed by atoms with Crippen molar-refractivity contribution in [2.24, 2.45) is 5.92 Å². The first-order chi connectivity index (χ1) is 12.1. The Kier molecular flexibility index (Phi) is 6.13. The second-order valence-electron chi connectivity index (χ2n) is 7.37. The van der Waals surface area contributed by atoms with Gasteiger partial charge in [-0.25, -0.2) is 9.78 Å². The lowest BCUT2D eigenvalue weighted by atomic mass is 10.1. The zero-order valence-corrected chi connectivity index (χ0v) is 15.2. The topological polar surface area (TPSA) is 68.7 Å². The number of hydrogen-bond donors (Lipinski definition) is 2. The predicted molar refractivity (Wildman–Crippen MR) is 98.5 cm³/mol. The minimum Gasteiger partial charge on any atom is -0.393 e. The van der Waals surface area contributed by atoms with Gasteiger partial charge in [-0.05, 0) is 49.8 Å². The molecule has 0 bridgehead atoms. The van der Waals surface area contributed by atoms with Crippen LogP contribution in [0.5, 0.6) is 0 Å². The average molecular weight is 346 g/mol. The molecule has 3 rings (SSSR count). The van der Waals surface area contributed by atoms with Crippen LogP contribution < -0.4 is 10.2 Å². The molecule has 1 aromatic heterocycles. The van der Waals surface area contributed by atoms with Crippen LogP contribution in [0.25, 0.3) is 0 Å². The Morgan fingerprint density at radius 3 is 2.84 bits per heavy atom.